The van der Waals surface area contributed by atoms with Crippen molar-refractivity contribution in [3.8, 4) is 0 Å². The lowest BCUT2D eigenvalue weighted by Crippen LogP contribution is -2.06. The summed E-state index contributed by atoms with van der Waals surface area (Å²) in [6.45, 7) is 3.89. The van der Waals surface area contributed by atoms with Gasteiger partial charge in [-0.2, -0.15) is 0 Å². The number of hydrogen-bond acceptors (Lipinski definition) is 1. The van der Waals surface area contributed by atoms with E-state index >= 15 is 0 Å². The number of primary amides is 1. The number of allylic oxidation sites excluding steroid dienone is 5. The van der Waals surface area contributed by atoms with Gasteiger partial charge in [0.05, 0.1) is 0 Å². The molecule has 2 heteroatoms. The minimum Gasteiger partial charge on any atom is -0.366 e. The molecule has 1 rings (SSSR count). The number of benzene rings is 1. The zero-order valence-corrected chi connectivity index (χ0v) is 10.2. The van der Waals surface area contributed by atoms with Gasteiger partial charge in [0.25, 0.3) is 0 Å². The van der Waals surface area contributed by atoms with Crippen LogP contribution in [0, 0.1) is 0 Å². The monoisotopic (exact) mass is 227 g/mol. The first kappa shape index (κ1) is 13.0. The molecule has 0 aromatic heterocycles. The molecule has 0 aliphatic carbocycles. The van der Waals surface area contributed by atoms with Gasteiger partial charge in [-0.15, -0.1) is 0 Å². The molecule has 0 radical (unpaired) electrons. The average Bonchev–Trinajstić information content (AvgIpc) is 2.29. The van der Waals surface area contributed by atoms with Crippen LogP contribution in [-0.2, 0) is 4.79 Å². The van der Waals surface area contributed by atoms with E-state index in [2.05, 4.69) is 12.1 Å². The van der Waals surface area contributed by atoms with Crippen LogP contribution in [0.3, 0.4) is 0 Å². The molecule has 0 heterocycles. The second-order valence-corrected chi connectivity index (χ2v) is 3.87. The SMILES string of the molecule is C/C(=C/C=C/C(C)=C/C(N)=O)c1ccccc1. The Labute approximate surface area is 102 Å². The van der Waals surface area contributed by atoms with Crippen LogP contribution in [0.5, 0.6) is 0 Å². The fraction of sp³-hybridized carbons (Fsp3) is 0.133. The van der Waals surface area contributed by atoms with Crippen LogP contribution in [0.25, 0.3) is 5.57 Å². The molecule has 0 spiro atoms. The van der Waals surface area contributed by atoms with Gasteiger partial charge in [-0.3, -0.25) is 4.79 Å². The lowest BCUT2D eigenvalue weighted by Gasteiger charge is -1.98. The summed E-state index contributed by atoms with van der Waals surface area (Å²) >= 11 is 0. The smallest absolute Gasteiger partial charge is 0.241 e. The highest BCUT2D eigenvalue weighted by molar-refractivity contribution is 5.86. The van der Waals surface area contributed by atoms with Gasteiger partial charge in [0, 0.05) is 6.08 Å². The summed E-state index contributed by atoms with van der Waals surface area (Å²) in [4.78, 5) is 10.6. The molecule has 0 bridgehead atoms. The quantitative estimate of drug-likeness (QED) is 0.623. The standard InChI is InChI=1S/C15H17NO/c1-12(11-15(16)17)7-6-8-13(2)14-9-4-3-5-10-14/h3-11H,1-2H3,(H2,16,17)/b7-6+,12-11+,13-8-. The van der Waals surface area contributed by atoms with Crippen molar-refractivity contribution >= 4 is 11.5 Å². The summed E-state index contributed by atoms with van der Waals surface area (Å²) in [7, 11) is 0. The summed E-state index contributed by atoms with van der Waals surface area (Å²) in [6, 6.07) is 10.1. The van der Waals surface area contributed by atoms with Crippen molar-refractivity contribution in [3.63, 3.8) is 0 Å². The van der Waals surface area contributed by atoms with Crippen LogP contribution in [0.2, 0.25) is 0 Å². The van der Waals surface area contributed by atoms with Crippen LogP contribution in [0.15, 0.2) is 60.2 Å². The Morgan fingerprint density at radius 1 is 1.18 bits per heavy atom. The lowest BCUT2D eigenvalue weighted by atomic mass is 10.1. The molecule has 17 heavy (non-hydrogen) atoms. The van der Waals surface area contributed by atoms with Crippen LogP contribution < -0.4 is 5.73 Å². The predicted molar refractivity (Wildman–Crippen MR) is 72.2 cm³/mol. The maximum Gasteiger partial charge on any atom is 0.241 e. The Hall–Kier alpha value is -2.09. The Morgan fingerprint density at radius 3 is 2.41 bits per heavy atom. The summed E-state index contributed by atoms with van der Waals surface area (Å²) in [5, 5.41) is 0. The number of carbonyl (C=O) groups excluding carboxylic acids is 1. The third-order valence-corrected chi connectivity index (χ3v) is 2.30. The summed E-state index contributed by atoms with van der Waals surface area (Å²) in [5.74, 6) is -0.420. The molecule has 1 amide bonds. The molecule has 1 aromatic carbocycles. The highest BCUT2D eigenvalue weighted by Gasteiger charge is 1.91. The Bertz CT molecular complexity index is 467. The Balaban J connectivity index is 2.72. The number of hydrogen-bond donors (Lipinski definition) is 1. The lowest BCUT2D eigenvalue weighted by molar-refractivity contribution is -0.113. The van der Waals surface area contributed by atoms with E-state index in [0.717, 1.165) is 5.57 Å². The summed E-state index contributed by atoms with van der Waals surface area (Å²) < 4.78 is 0. The molecule has 0 fully saturated rings. The van der Waals surface area contributed by atoms with Gasteiger partial charge < -0.3 is 5.73 Å². The van der Waals surface area contributed by atoms with Gasteiger partial charge in [-0.1, -0.05) is 48.6 Å². The fourth-order valence-corrected chi connectivity index (χ4v) is 1.41. The zero-order valence-electron chi connectivity index (χ0n) is 10.2. The van der Waals surface area contributed by atoms with Crippen molar-refractivity contribution in [3.05, 3.63) is 65.8 Å². The molecule has 1 aromatic rings. The summed E-state index contributed by atoms with van der Waals surface area (Å²) in [6.07, 6.45) is 7.18. The van der Waals surface area contributed by atoms with Crippen molar-refractivity contribution in [1.29, 1.82) is 0 Å². The fourth-order valence-electron chi connectivity index (χ4n) is 1.41. The Kier molecular flexibility index (Phi) is 4.95. The average molecular weight is 227 g/mol. The van der Waals surface area contributed by atoms with E-state index in [-0.39, 0.29) is 0 Å². The first-order chi connectivity index (χ1) is 8.09. The van der Waals surface area contributed by atoms with E-state index < -0.39 is 5.91 Å². The van der Waals surface area contributed by atoms with Crippen LogP contribution in [0.4, 0.5) is 0 Å². The third-order valence-electron chi connectivity index (χ3n) is 2.30. The second-order valence-electron chi connectivity index (χ2n) is 3.87. The van der Waals surface area contributed by atoms with E-state index in [1.54, 1.807) is 0 Å². The van der Waals surface area contributed by atoms with Crippen LogP contribution >= 0.6 is 0 Å². The van der Waals surface area contributed by atoms with E-state index in [4.69, 9.17) is 5.73 Å². The Morgan fingerprint density at radius 2 is 1.82 bits per heavy atom. The number of nitrogens with two attached hydrogens (primary N) is 1. The summed E-state index contributed by atoms with van der Waals surface area (Å²) in [5.41, 5.74) is 8.26. The topological polar surface area (TPSA) is 43.1 Å². The molecular formula is C15H17NO. The minimum atomic E-state index is -0.420. The van der Waals surface area contributed by atoms with Crippen molar-refractivity contribution in [2.45, 2.75) is 13.8 Å². The maximum absolute atomic E-state index is 10.6. The van der Waals surface area contributed by atoms with Crippen molar-refractivity contribution in [1.82, 2.24) is 0 Å². The highest BCUT2D eigenvalue weighted by Crippen LogP contribution is 2.12. The normalized spacial score (nSPS) is 13.1. The first-order valence-electron chi connectivity index (χ1n) is 5.47. The molecule has 0 saturated heterocycles. The molecule has 0 atom stereocenters. The molecular weight excluding hydrogens is 210 g/mol. The van der Waals surface area contributed by atoms with Crippen LogP contribution in [0.1, 0.15) is 19.4 Å². The zero-order chi connectivity index (χ0) is 12.7. The van der Waals surface area contributed by atoms with Gasteiger partial charge in [-0.05, 0) is 30.6 Å². The van der Waals surface area contributed by atoms with Gasteiger partial charge in [-0.25, -0.2) is 0 Å². The van der Waals surface area contributed by atoms with Crippen molar-refractivity contribution < 1.29 is 4.79 Å². The van der Waals surface area contributed by atoms with Crippen molar-refractivity contribution in [2.24, 2.45) is 5.73 Å². The number of amides is 1. The molecule has 2 nitrogen and oxygen atoms in total. The van der Waals surface area contributed by atoms with Gasteiger partial charge in [0.2, 0.25) is 5.91 Å². The van der Waals surface area contributed by atoms with E-state index in [1.165, 1.54) is 17.2 Å². The molecule has 0 aliphatic heterocycles. The molecule has 88 valence electrons. The number of carbonyl (C=O) groups is 1. The van der Waals surface area contributed by atoms with Crippen molar-refractivity contribution in [2.75, 3.05) is 0 Å². The molecule has 0 aliphatic rings. The van der Waals surface area contributed by atoms with E-state index in [1.807, 2.05) is 50.3 Å². The molecule has 2 N–H and O–H groups in total. The second kappa shape index (κ2) is 6.48. The number of rotatable bonds is 4. The van der Waals surface area contributed by atoms with E-state index in [9.17, 15) is 4.79 Å². The molecule has 0 unspecified atom stereocenters. The van der Waals surface area contributed by atoms with Crippen LogP contribution in [-0.4, -0.2) is 5.91 Å². The third kappa shape index (κ3) is 4.98. The maximum atomic E-state index is 10.6. The molecule has 0 saturated carbocycles. The van der Waals surface area contributed by atoms with E-state index in [0.29, 0.717) is 0 Å². The van der Waals surface area contributed by atoms with Gasteiger partial charge in [0.1, 0.15) is 0 Å². The largest absolute Gasteiger partial charge is 0.366 e. The highest BCUT2D eigenvalue weighted by atomic mass is 16.1. The minimum absolute atomic E-state index is 0.420. The predicted octanol–water partition coefficient (Wildman–Crippen LogP) is 3.08. The van der Waals surface area contributed by atoms with Gasteiger partial charge in [0.15, 0.2) is 0 Å². The first-order valence-corrected chi connectivity index (χ1v) is 5.47. The van der Waals surface area contributed by atoms with Gasteiger partial charge >= 0.3 is 0 Å².